The summed E-state index contributed by atoms with van der Waals surface area (Å²) in [5.74, 6) is -1.53. The van der Waals surface area contributed by atoms with Crippen LogP contribution in [0.1, 0.15) is 36.1 Å². The Morgan fingerprint density at radius 1 is 0.844 bits per heavy atom. The number of benzene rings is 3. The molecule has 0 heterocycles. The third kappa shape index (κ3) is 4.04. The molecule has 3 aromatic rings. The van der Waals surface area contributed by atoms with Crippen molar-refractivity contribution in [2.75, 3.05) is 13.2 Å². The molecular weight excluding hydrogens is 404 g/mol. The predicted octanol–water partition coefficient (Wildman–Crippen LogP) is 4.19. The number of nitriles is 2. The molecule has 3 rings (SSSR count). The van der Waals surface area contributed by atoms with Gasteiger partial charge in [-0.3, -0.25) is 9.59 Å². The Morgan fingerprint density at radius 2 is 1.47 bits per heavy atom. The van der Waals surface area contributed by atoms with Gasteiger partial charge in [-0.25, -0.2) is 0 Å². The molecule has 3 aromatic carbocycles. The number of carbonyl (C=O) groups is 2. The van der Waals surface area contributed by atoms with Gasteiger partial charge in [-0.2, -0.15) is 10.5 Å². The van der Waals surface area contributed by atoms with Crippen LogP contribution in [0.5, 0.6) is 0 Å². The zero-order chi connectivity index (χ0) is 23.1. The summed E-state index contributed by atoms with van der Waals surface area (Å²) in [6.45, 7) is 3.45. The first-order chi connectivity index (χ1) is 15.5. The summed E-state index contributed by atoms with van der Waals surface area (Å²) >= 11 is 0. The van der Waals surface area contributed by atoms with Gasteiger partial charge in [0, 0.05) is 6.42 Å². The van der Waals surface area contributed by atoms with E-state index in [9.17, 15) is 20.1 Å². The maximum Gasteiger partial charge on any atom is 0.328 e. The number of nitrogens with zero attached hydrogens (tertiary/aromatic N) is 2. The van der Waals surface area contributed by atoms with Crippen LogP contribution in [-0.4, -0.2) is 25.2 Å². The molecular formula is C26H22N2O4. The Bertz CT molecular complexity index is 1230. The van der Waals surface area contributed by atoms with Crippen molar-refractivity contribution in [1.29, 1.82) is 10.5 Å². The molecule has 0 unspecified atom stereocenters. The van der Waals surface area contributed by atoms with Crippen molar-refractivity contribution in [1.82, 2.24) is 0 Å². The van der Waals surface area contributed by atoms with E-state index < -0.39 is 17.4 Å². The molecule has 0 aliphatic carbocycles. The summed E-state index contributed by atoms with van der Waals surface area (Å²) in [6.07, 6.45) is -0.0250. The molecule has 0 N–H and O–H groups in total. The van der Waals surface area contributed by atoms with Gasteiger partial charge >= 0.3 is 11.9 Å². The highest BCUT2D eigenvalue weighted by atomic mass is 16.6. The Hall–Kier alpha value is -4.16. The molecule has 0 saturated heterocycles. The number of hydrogen-bond acceptors (Lipinski definition) is 6. The standard InChI is InChI=1S/C26H22N2O4/c1-3-31-24(29)26(25(30)32-4-2,22-13-12-20(16-27)21(14-22)17-28)15-19-10-7-9-18-8-5-6-11-23(18)19/h5-14H,3-4,15H2,1-2H3. The van der Waals surface area contributed by atoms with E-state index in [2.05, 4.69) is 0 Å². The SMILES string of the molecule is CCOC(=O)C(Cc1cccc2ccccc12)(C(=O)OCC)c1ccc(C#N)c(C#N)c1. The maximum absolute atomic E-state index is 13.4. The fourth-order valence-electron chi connectivity index (χ4n) is 3.81. The van der Waals surface area contributed by atoms with Crippen molar-refractivity contribution < 1.29 is 19.1 Å². The van der Waals surface area contributed by atoms with Gasteiger partial charge in [0.05, 0.1) is 24.3 Å². The lowest BCUT2D eigenvalue weighted by atomic mass is 9.74. The summed E-state index contributed by atoms with van der Waals surface area (Å²) < 4.78 is 10.7. The number of hydrogen-bond donors (Lipinski definition) is 0. The van der Waals surface area contributed by atoms with Crippen molar-refractivity contribution in [3.63, 3.8) is 0 Å². The molecule has 0 atom stereocenters. The van der Waals surface area contributed by atoms with Gasteiger partial charge in [-0.1, -0.05) is 48.5 Å². The predicted molar refractivity (Wildman–Crippen MR) is 118 cm³/mol. The molecule has 32 heavy (non-hydrogen) atoms. The lowest BCUT2D eigenvalue weighted by molar-refractivity contribution is -0.164. The molecule has 0 saturated carbocycles. The fourth-order valence-corrected chi connectivity index (χ4v) is 3.81. The molecule has 0 aliphatic rings. The summed E-state index contributed by atoms with van der Waals surface area (Å²) in [6, 6.07) is 21.6. The number of ether oxygens (including phenoxy) is 2. The quantitative estimate of drug-likeness (QED) is 0.415. The first kappa shape index (κ1) is 22.5. The minimum absolute atomic E-state index is 0.0250. The average molecular weight is 426 g/mol. The van der Waals surface area contributed by atoms with Crippen LogP contribution in [0.15, 0.2) is 60.7 Å². The summed E-state index contributed by atoms with van der Waals surface area (Å²) in [7, 11) is 0. The molecule has 0 bridgehead atoms. The van der Waals surface area contributed by atoms with Crippen molar-refractivity contribution in [3.05, 3.63) is 82.9 Å². The van der Waals surface area contributed by atoms with Crippen LogP contribution >= 0.6 is 0 Å². The Labute approximate surface area is 186 Å². The van der Waals surface area contributed by atoms with E-state index in [0.717, 1.165) is 16.3 Å². The van der Waals surface area contributed by atoms with E-state index in [1.165, 1.54) is 18.2 Å². The molecule has 0 aromatic heterocycles. The van der Waals surface area contributed by atoms with Crippen LogP contribution in [0, 0.1) is 22.7 Å². The maximum atomic E-state index is 13.4. The summed E-state index contributed by atoms with van der Waals surface area (Å²) in [4.78, 5) is 26.8. The molecule has 6 heteroatoms. The highest BCUT2D eigenvalue weighted by Crippen LogP contribution is 2.35. The van der Waals surface area contributed by atoms with E-state index in [1.54, 1.807) is 13.8 Å². The van der Waals surface area contributed by atoms with E-state index >= 15 is 0 Å². The smallest absolute Gasteiger partial charge is 0.328 e. The lowest BCUT2D eigenvalue weighted by Crippen LogP contribution is -2.48. The van der Waals surface area contributed by atoms with Crippen molar-refractivity contribution in [3.8, 4) is 12.1 Å². The van der Waals surface area contributed by atoms with Crippen LogP contribution < -0.4 is 0 Å². The summed E-state index contributed by atoms with van der Waals surface area (Å²) in [5.41, 5.74) is -0.607. The molecule has 0 radical (unpaired) electrons. The van der Waals surface area contributed by atoms with E-state index in [-0.39, 0.29) is 36.3 Å². The molecule has 0 amide bonds. The van der Waals surface area contributed by atoms with Crippen molar-refractivity contribution >= 4 is 22.7 Å². The van der Waals surface area contributed by atoms with Gasteiger partial charge < -0.3 is 9.47 Å². The van der Waals surface area contributed by atoms with Crippen molar-refractivity contribution in [2.24, 2.45) is 0 Å². The third-order valence-corrected chi connectivity index (χ3v) is 5.34. The third-order valence-electron chi connectivity index (χ3n) is 5.34. The van der Waals surface area contributed by atoms with Crippen LogP contribution in [0.25, 0.3) is 10.8 Å². The molecule has 0 aliphatic heterocycles. The molecule has 6 nitrogen and oxygen atoms in total. The van der Waals surface area contributed by atoms with E-state index in [0.29, 0.717) is 0 Å². The second-order valence-corrected chi connectivity index (χ2v) is 7.15. The van der Waals surface area contributed by atoms with Crippen LogP contribution in [-0.2, 0) is 30.9 Å². The van der Waals surface area contributed by atoms with Crippen molar-refractivity contribution in [2.45, 2.75) is 25.7 Å². The Kier molecular flexibility index (Phi) is 6.87. The number of fused-ring (bicyclic) bond motifs is 1. The van der Waals surface area contributed by atoms with Gasteiger partial charge in [0.2, 0.25) is 0 Å². The Balaban J connectivity index is 2.31. The summed E-state index contributed by atoms with van der Waals surface area (Å²) in [5, 5.41) is 20.7. The van der Waals surface area contributed by atoms with E-state index in [4.69, 9.17) is 9.47 Å². The highest BCUT2D eigenvalue weighted by Gasteiger charge is 2.51. The topological polar surface area (TPSA) is 100 Å². The zero-order valence-corrected chi connectivity index (χ0v) is 17.9. The molecule has 0 fully saturated rings. The number of esters is 2. The minimum atomic E-state index is -1.84. The van der Waals surface area contributed by atoms with Crippen LogP contribution in [0.4, 0.5) is 0 Å². The minimum Gasteiger partial charge on any atom is -0.465 e. The van der Waals surface area contributed by atoms with Gasteiger partial charge in [0.25, 0.3) is 0 Å². The van der Waals surface area contributed by atoms with Gasteiger partial charge in [-0.15, -0.1) is 0 Å². The first-order valence-electron chi connectivity index (χ1n) is 10.3. The lowest BCUT2D eigenvalue weighted by Gasteiger charge is -2.30. The normalized spacial score (nSPS) is 10.8. The fraction of sp³-hybridized carbons (Fsp3) is 0.231. The highest BCUT2D eigenvalue weighted by molar-refractivity contribution is 6.07. The van der Waals surface area contributed by atoms with Crippen LogP contribution in [0.3, 0.4) is 0 Å². The number of rotatable bonds is 7. The van der Waals surface area contributed by atoms with Gasteiger partial charge in [0.15, 0.2) is 5.41 Å². The van der Waals surface area contributed by atoms with Crippen LogP contribution in [0.2, 0.25) is 0 Å². The Morgan fingerprint density at radius 3 is 2.09 bits per heavy atom. The largest absolute Gasteiger partial charge is 0.465 e. The monoisotopic (exact) mass is 426 g/mol. The van der Waals surface area contributed by atoms with E-state index in [1.807, 2.05) is 54.6 Å². The van der Waals surface area contributed by atoms with Gasteiger partial charge in [-0.05, 0) is 47.9 Å². The zero-order valence-electron chi connectivity index (χ0n) is 17.9. The molecule has 0 spiro atoms. The second kappa shape index (κ2) is 9.76. The number of carbonyl (C=O) groups excluding carboxylic acids is 2. The second-order valence-electron chi connectivity index (χ2n) is 7.15. The molecule has 160 valence electrons. The average Bonchev–Trinajstić information content (AvgIpc) is 2.82. The first-order valence-corrected chi connectivity index (χ1v) is 10.3. The van der Waals surface area contributed by atoms with Gasteiger partial charge in [0.1, 0.15) is 12.1 Å².